The Bertz CT molecular complexity index is 776. The van der Waals surface area contributed by atoms with Gasteiger partial charge in [-0.3, -0.25) is 4.79 Å². The summed E-state index contributed by atoms with van der Waals surface area (Å²) in [6.45, 7) is 4.65. The molecule has 1 amide bonds. The maximum Gasteiger partial charge on any atom is 0.233 e. The normalized spacial score (nSPS) is 31.6. The van der Waals surface area contributed by atoms with Crippen molar-refractivity contribution in [3.05, 3.63) is 35.9 Å². The topological polar surface area (TPSA) is 66.9 Å². The van der Waals surface area contributed by atoms with Gasteiger partial charge in [-0.15, -0.1) is 0 Å². The molecule has 0 aromatic heterocycles. The van der Waals surface area contributed by atoms with Gasteiger partial charge < -0.3 is 9.64 Å². The number of nitrogens with zero attached hydrogens (tertiary/aromatic N) is 2. The van der Waals surface area contributed by atoms with Gasteiger partial charge in [-0.25, -0.2) is 8.42 Å². The lowest BCUT2D eigenvalue weighted by Gasteiger charge is -2.39. The van der Waals surface area contributed by atoms with Gasteiger partial charge >= 0.3 is 0 Å². The van der Waals surface area contributed by atoms with E-state index in [1.807, 2.05) is 42.2 Å². The molecule has 0 unspecified atom stereocenters. The minimum atomic E-state index is -3.29. The fraction of sp³-hybridized carbons (Fsp3) is 0.611. The molecule has 3 aliphatic rings. The lowest BCUT2D eigenvalue weighted by Crippen LogP contribution is -2.53. The van der Waals surface area contributed by atoms with Gasteiger partial charge in [0.25, 0.3) is 0 Å². The second-order valence-electron chi connectivity index (χ2n) is 7.88. The molecule has 136 valence electrons. The molecule has 3 fully saturated rings. The molecule has 3 heterocycles. The van der Waals surface area contributed by atoms with Gasteiger partial charge in [-0.05, 0) is 18.4 Å². The summed E-state index contributed by atoms with van der Waals surface area (Å²) in [4.78, 5) is 14.7. The molecule has 0 bridgehead atoms. The van der Waals surface area contributed by atoms with E-state index in [4.69, 9.17) is 4.74 Å². The van der Waals surface area contributed by atoms with E-state index in [0.29, 0.717) is 32.8 Å². The van der Waals surface area contributed by atoms with Crippen molar-refractivity contribution in [2.45, 2.75) is 13.0 Å². The fourth-order valence-electron chi connectivity index (χ4n) is 4.49. The number of hydrogen-bond acceptors (Lipinski definition) is 4. The van der Waals surface area contributed by atoms with E-state index in [2.05, 4.69) is 0 Å². The van der Waals surface area contributed by atoms with Gasteiger partial charge in [0.2, 0.25) is 15.9 Å². The number of rotatable bonds is 3. The number of amides is 1. The van der Waals surface area contributed by atoms with Crippen LogP contribution in [0.5, 0.6) is 0 Å². The maximum atomic E-state index is 12.8. The van der Waals surface area contributed by atoms with Gasteiger partial charge in [-0.2, -0.15) is 4.31 Å². The van der Waals surface area contributed by atoms with Crippen LogP contribution in [0, 0.1) is 17.3 Å². The molecule has 0 radical (unpaired) electrons. The zero-order valence-corrected chi connectivity index (χ0v) is 15.4. The molecule has 0 aliphatic carbocycles. The van der Waals surface area contributed by atoms with Crippen LogP contribution in [-0.4, -0.2) is 62.6 Å². The summed E-state index contributed by atoms with van der Waals surface area (Å²) in [5, 5.41) is 0. The van der Waals surface area contributed by atoms with Gasteiger partial charge in [0.05, 0.1) is 30.9 Å². The molecule has 25 heavy (non-hydrogen) atoms. The Morgan fingerprint density at radius 2 is 1.84 bits per heavy atom. The van der Waals surface area contributed by atoms with Crippen molar-refractivity contribution >= 4 is 15.9 Å². The molecule has 6 nitrogen and oxygen atoms in total. The first-order valence-electron chi connectivity index (χ1n) is 8.68. The summed E-state index contributed by atoms with van der Waals surface area (Å²) < 4.78 is 31.5. The average Bonchev–Trinajstić information content (AvgIpc) is 3.09. The molecule has 0 spiro atoms. The minimum Gasteiger partial charge on any atom is -0.379 e. The number of benzene rings is 1. The standard InChI is InChI=1S/C18H24N2O4S/c1-18(11-24-12-18)17(21)19-8-14-9-20(25(2,22)23)16(15(14)10-19)13-6-4-3-5-7-13/h3-7,14-16H,8-12H2,1-2H3/t14-,15-,16+/m1/s1. The first kappa shape index (κ1) is 17.0. The van der Waals surface area contributed by atoms with Crippen molar-refractivity contribution in [2.24, 2.45) is 17.3 Å². The summed E-state index contributed by atoms with van der Waals surface area (Å²) in [7, 11) is -3.29. The number of fused-ring (bicyclic) bond motifs is 1. The molecule has 3 saturated heterocycles. The van der Waals surface area contributed by atoms with Crippen LogP contribution in [0.3, 0.4) is 0 Å². The third-order valence-corrected chi connectivity index (χ3v) is 7.06. The number of sulfonamides is 1. The van der Waals surface area contributed by atoms with Crippen molar-refractivity contribution in [3.63, 3.8) is 0 Å². The average molecular weight is 364 g/mol. The van der Waals surface area contributed by atoms with Crippen LogP contribution in [0.25, 0.3) is 0 Å². The van der Waals surface area contributed by atoms with E-state index in [1.165, 1.54) is 6.26 Å². The van der Waals surface area contributed by atoms with E-state index >= 15 is 0 Å². The van der Waals surface area contributed by atoms with Crippen molar-refractivity contribution in [1.82, 2.24) is 9.21 Å². The fourth-order valence-corrected chi connectivity index (χ4v) is 5.64. The molecule has 1 aromatic rings. The molecule has 3 atom stereocenters. The van der Waals surface area contributed by atoms with Crippen molar-refractivity contribution < 1.29 is 17.9 Å². The Kier molecular flexibility index (Phi) is 3.94. The zero-order chi connectivity index (χ0) is 17.8. The Labute approximate surface area is 148 Å². The summed E-state index contributed by atoms with van der Waals surface area (Å²) in [6, 6.07) is 9.59. The molecule has 0 N–H and O–H groups in total. The maximum absolute atomic E-state index is 12.8. The summed E-state index contributed by atoms with van der Waals surface area (Å²) in [6.07, 6.45) is 1.28. The van der Waals surface area contributed by atoms with Crippen LogP contribution in [0.4, 0.5) is 0 Å². The largest absolute Gasteiger partial charge is 0.379 e. The van der Waals surface area contributed by atoms with Crippen LogP contribution < -0.4 is 0 Å². The smallest absolute Gasteiger partial charge is 0.233 e. The van der Waals surface area contributed by atoms with Gasteiger partial charge in [-0.1, -0.05) is 30.3 Å². The lowest BCUT2D eigenvalue weighted by atomic mass is 9.87. The first-order chi connectivity index (χ1) is 11.8. The number of hydrogen-bond donors (Lipinski definition) is 0. The zero-order valence-electron chi connectivity index (χ0n) is 14.6. The van der Waals surface area contributed by atoms with Crippen molar-refractivity contribution in [1.29, 1.82) is 0 Å². The van der Waals surface area contributed by atoms with E-state index in [0.717, 1.165) is 5.56 Å². The van der Waals surface area contributed by atoms with Crippen LogP contribution >= 0.6 is 0 Å². The molecule has 0 saturated carbocycles. The van der Waals surface area contributed by atoms with Gasteiger partial charge in [0, 0.05) is 25.6 Å². The number of carbonyl (C=O) groups is 1. The second kappa shape index (κ2) is 5.79. The Balaban J connectivity index is 1.61. The highest BCUT2D eigenvalue weighted by Crippen LogP contribution is 2.47. The van der Waals surface area contributed by atoms with Gasteiger partial charge in [0.15, 0.2) is 0 Å². The predicted octanol–water partition coefficient (Wildman–Crippen LogP) is 1.11. The van der Waals surface area contributed by atoms with Gasteiger partial charge in [0.1, 0.15) is 0 Å². The summed E-state index contributed by atoms with van der Waals surface area (Å²) in [5.41, 5.74) is 0.602. The number of ether oxygens (including phenoxy) is 1. The summed E-state index contributed by atoms with van der Waals surface area (Å²) in [5.74, 6) is 0.477. The first-order valence-corrected chi connectivity index (χ1v) is 10.5. The summed E-state index contributed by atoms with van der Waals surface area (Å²) >= 11 is 0. The van der Waals surface area contributed by atoms with Crippen LogP contribution in [-0.2, 0) is 19.6 Å². The third-order valence-electron chi connectivity index (χ3n) is 5.83. The third kappa shape index (κ3) is 2.78. The highest BCUT2D eigenvalue weighted by Gasteiger charge is 2.53. The Hall–Kier alpha value is -1.44. The highest BCUT2D eigenvalue weighted by molar-refractivity contribution is 7.88. The van der Waals surface area contributed by atoms with Crippen LogP contribution in [0.1, 0.15) is 18.5 Å². The number of likely N-dealkylation sites (tertiary alicyclic amines) is 1. The van der Waals surface area contributed by atoms with Crippen LogP contribution in [0.15, 0.2) is 30.3 Å². The van der Waals surface area contributed by atoms with E-state index in [-0.39, 0.29) is 23.8 Å². The molecule has 1 aromatic carbocycles. The SMILES string of the molecule is CC1(C(=O)N2C[C@@H]3CN(S(C)(=O)=O)[C@@H](c4ccccc4)[C@@H]3C2)COC1. The highest BCUT2D eigenvalue weighted by atomic mass is 32.2. The van der Waals surface area contributed by atoms with E-state index in [1.54, 1.807) is 4.31 Å². The van der Waals surface area contributed by atoms with E-state index < -0.39 is 15.4 Å². The Morgan fingerprint density at radius 1 is 1.16 bits per heavy atom. The Morgan fingerprint density at radius 3 is 2.40 bits per heavy atom. The monoisotopic (exact) mass is 364 g/mol. The molecular weight excluding hydrogens is 340 g/mol. The molecular formula is C18H24N2O4S. The second-order valence-corrected chi connectivity index (χ2v) is 9.81. The molecule has 7 heteroatoms. The number of carbonyl (C=O) groups excluding carboxylic acids is 1. The predicted molar refractivity (Wildman–Crippen MR) is 93.2 cm³/mol. The lowest BCUT2D eigenvalue weighted by molar-refractivity contribution is -0.168. The minimum absolute atomic E-state index is 0.144. The molecule has 3 aliphatic heterocycles. The van der Waals surface area contributed by atoms with Crippen molar-refractivity contribution in [3.8, 4) is 0 Å². The van der Waals surface area contributed by atoms with E-state index in [9.17, 15) is 13.2 Å². The molecule has 4 rings (SSSR count). The van der Waals surface area contributed by atoms with Crippen LogP contribution in [0.2, 0.25) is 0 Å². The van der Waals surface area contributed by atoms with Crippen molar-refractivity contribution in [2.75, 3.05) is 39.1 Å². The quantitative estimate of drug-likeness (QED) is 0.806.